The van der Waals surface area contributed by atoms with E-state index in [-0.39, 0.29) is 125 Å². The van der Waals surface area contributed by atoms with Crippen molar-refractivity contribution in [2.45, 2.75) is 173 Å². The number of alkyl carbamates (subject to hydrolysis) is 2. The predicted octanol–water partition coefficient (Wildman–Crippen LogP) is 9.71. The van der Waals surface area contributed by atoms with Crippen molar-refractivity contribution in [3.05, 3.63) is 118 Å². The van der Waals surface area contributed by atoms with Gasteiger partial charge in [-0.2, -0.15) is 0 Å². The maximum absolute atomic E-state index is 18.0. The summed E-state index contributed by atoms with van der Waals surface area (Å²) in [6.45, 7) is 10.0. The SMILES string of the molecule is CC[C@](NC(=O)OC)(OC)C(=O)N1CCC[C@H]1c1nc2cc([C@H]3CC[C@H](c4cc5c(cc4F)nc([C@@H]4CCCN4C(=O)[C@@H](NC(=O)OC)[C@@H](C)OC)n5COC(=O)[C@@H](N)C(C)C)N3c3cc(F)c(N4CCC(c5ccc(F)cc5)CC4)c(F)c3)c(F)cc2n1COC(=O)C(N)C(C)C. The number of anilines is 2. The van der Waals surface area contributed by atoms with Crippen molar-refractivity contribution in [3.8, 4) is 0 Å². The summed E-state index contributed by atoms with van der Waals surface area (Å²) in [6.07, 6.45) is -0.00642. The van der Waals surface area contributed by atoms with E-state index in [1.165, 1.54) is 69.6 Å². The van der Waals surface area contributed by atoms with Crippen LogP contribution in [0.1, 0.15) is 158 Å². The van der Waals surface area contributed by atoms with Crippen LogP contribution in [-0.2, 0) is 61.1 Å². The van der Waals surface area contributed by atoms with Crippen LogP contribution in [0.5, 0.6) is 0 Å². The number of imidazole rings is 2. The number of methoxy groups -OCH3 is 4. The number of benzene rings is 4. The van der Waals surface area contributed by atoms with E-state index >= 15 is 17.6 Å². The maximum atomic E-state index is 18.0. The molecule has 4 fully saturated rings. The number of aromatic nitrogens is 4. The van der Waals surface area contributed by atoms with Crippen molar-refractivity contribution in [2.24, 2.45) is 23.3 Å². The number of piperidine rings is 1. The number of amides is 4. The number of fused-ring (bicyclic) bond motifs is 2. The molecule has 98 heavy (non-hydrogen) atoms. The second kappa shape index (κ2) is 30.2. The van der Waals surface area contributed by atoms with Crippen LogP contribution in [-0.4, -0.2) is 149 Å². The average molecular weight is 1370 g/mol. The van der Waals surface area contributed by atoms with Crippen LogP contribution in [0, 0.1) is 40.9 Å². The molecule has 10 rings (SSSR count). The fourth-order valence-corrected chi connectivity index (χ4v) is 14.1. The molecule has 2 aromatic heterocycles. The molecular weight excluding hydrogens is 1280 g/mol. The van der Waals surface area contributed by atoms with Gasteiger partial charge < -0.3 is 64.8 Å². The van der Waals surface area contributed by atoms with E-state index in [4.69, 9.17) is 49.9 Å². The predicted molar refractivity (Wildman–Crippen MR) is 350 cm³/mol. The van der Waals surface area contributed by atoms with Gasteiger partial charge in [0, 0.05) is 75.8 Å². The molecule has 29 heteroatoms. The van der Waals surface area contributed by atoms with Crippen LogP contribution in [0.15, 0.2) is 60.7 Å². The third-order valence-corrected chi connectivity index (χ3v) is 19.9. The number of carbonyl (C=O) groups is 6. The van der Waals surface area contributed by atoms with Crippen LogP contribution >= 0.6 is 0 Å². The average Bonchev–Trinajstić information content (AvgIpc) is 1.49. The first kappa shape index (κ1) is 72.1. The number of likely N-dealkylation sites (tertiary alicyclic amines) is 2. The van der Waals surface area contributed by atoms with Crippen LogP contribution in [0.3, 0.4) is 0 Å². The molecule has 4 aliphatic rings. The number of esters is 2. The maximum Gasteiger partial charge on any atom is 0.409 e. The Kier molecular flexibility index (Phi) is 22.2. The lowest BCUT2D eigenvalue weighted by atomic mass is 9.89. The van der Waals surface area contributed by atoms with Crippen molar-refractivity contribution in [2.75, 3.05) is 64.4 Å². The number of hydrogen-bond donors (Lipinski definition) is 4. The first-order valence-corrected chi connectivity index (χ1v) is 33.2. The number of ether oxygens (including phenoxy) is 6. The van der Waals surface area contributed by atoms with Gasteiger partial charge in [-0.15, -0.1) is 0 Å². The zero-order valence-corrected chi connectivity index (χ0v) is 56.8. The van der Waals surface area contributed by atoms with Gasteiger partial charge in [-0.1, -0.05) is 46.8 Å². The first-order chi connectivity index (χ1) is 46.8. The summed E-state index contributed by atoms with van der Waals surface area (Å²) in [5.74, 6) is -6.96. The normalized spacial score (nSPS) is 20.2. The van der Waals surface area contributed by atoms with Gasteiger partial charge in [-0.25, -0.2) is 41.5 Å². The highest BCUT2D eigenvalue weighted by Gasteiger charge is 2.48. The highest BCUT2D eigenvalue weighted by atomic mass is 19.1. The van der Waals surface area contributed by atoms with Crippen molar-refractivity contribution in [1.82, 2.24) is 39.5 Å². The molecule has 4 saturated heterocycles. The summed E-state index contributed by atoms with van der Waals surface area (Å²) in [6, 6.07) is 6.48. The van der Waals surface area contributed by atoms with Crippen LogP contribution in [0.4, 0.5) is 42.9 Å². The molecule has 0 radical (unpaired) electrons. The van der Waals surface area contributed by atoms with Crippen LogP contribution in [0.2, 0.25) is 0 Å². The molecule has 4 amide bonds. The molecule has 530 valence electrons. The van der Waals surface area contributed by atoms with Gasteiger partial charge in [-0.3, -0.25) is 33.6 Å². The van der Waals surface area contributed by atoms with E-state index < -0.39 is 127 Å². The summed E-state index contributed by atoms with van der Waals surface area (Å²) in [5.41, 5.74) is 11.7. The van der Waals surface area contributed by atoms with Gasteiger partial charge in [-0.05, 0) is 118 Å². The summed E-state index contributed by atoms with van der Waals surface area (Å²) in [4.78, 5) is 97.8. The molecule has 0 spiro atoms. The summed E-state index contributed by atoms with van der Waals surface area (Å²) >= 11 is 0. The zero-order chi connectivity index (χ0) is 70.8. The third kappa shape index (κ3) is 14.3. The number of nitrogens with one attached hydrogen (secondary N) is 2. The lowest BCUT2D eigenvalue weighted by molar-refractivity contribution is -0.160. The Hall–Kier alpha value is -8.67. The highest BCUT2D eigenvalue weighted by molar-refractivity contribution is 5.90. The Morgan fingerprint density at radius 3 is 1.64 bits per heavy atom. The monoisotopic (exact) mass is 1370 g/mol. The van der Waals surface area contributed by atoms with Crippen molar-refractivity contribution >= 4 is 69.4 Å². The fraction of sp³-hybridized carbons (Fsp3) is 0.536. The van der Waals surface area contributed by atoms with Crippen LogP contribution < -0.4 is 31.9 Å². The molecule has 1 unspecified atom stereocenters. The minimum Gasteiger partial charge on any atom is -0.453 e. The summed E-state index contributed by atoms with van der Waals surface area (Å²) in [5, 5.41) is 5.10. The standard InChI is InChI=1S/C69H87F5N12O12/c1-11-69(96-10,80-68(92)95-9)66(90)83-25-13-15-54(83)62-77-49-30-43(46(72)33-56(49)85(62)35-98-65(89)58(76)37(4)5)51-20-21-52(86(51)42-28-47(73)60(48(74)29-42)81-26-22-40(23-27-81)39-16-18-41(70)19-17-39)44-31-55-50(32-45(44)71)78-61(84(55)34-97-64(88)57(75)36(2)3)53-14-12-24-82(53)63(87)59(38(6)93-7)79-67(91)94-8/h16-19,28-33,36-38,40,51-54,57-59H,11-15,20-27,34-35,75-76H2,1-10H3,(H,79,91)(H,80,92)/t38-,51-,52-,53+,54+,57+,58?,59+,69+/m1/s1. The zero-order valence-electron chi connectivity index (χ0n) is 56.8. The molecule has 0 aliphatic carbocycles. The van der Waals surface area contributed by atoms with E-state index in [9.17, 15) is 33.2 Å². The van der Waals surface area contributed by atoms with Gasteiger partial charge >= 0.3 is 24.1 Å². The topological polar surface area (TPSA) is 282 Å². The molecule has 24 nitrogen and oxygen atoms in total. The molecule has 0 bridgehead atoms. The van der Waals surface area contributed by atoms with E-state index in [0.29, 0.717) is 38.5 Å². The minimum absolute atomic E-state index is 0.00124. The summed E-state index contributed by atoms with van der Waals surface area (Å²) < 4.78 is 120. The lowest BCUT2D eigenvalue weighted by Gasteiger charge is -2.36. The molecule has 9 atom stereocenters. The quantitative estimate of drug-likeness (QED) is 0.0201. The number of hydrogen-bond acceptors (Lipinski definition) is 18. The van der Waals surface area contributed by atoms with E-state index in [1.54, 1.807) is 63.5 Å². The smallest absolute Gasteiger partial charge is 0.409 e. The minimum atomic E-state index is -1.89. The second-order valence-electron chi connectivity index (χ2n) is 26.2. The molecule has 0 saturated carbocycles. The molecule has 4 aromatic carbocycles. The Balaban J connectivity index is 1.11. The molecule has 6 N–H and O–H groups in total. The van der Waals surface area contributed by atoms with Crippen molar-refractivity contribution in [1.29, 1.82) is 0 Å². The van der Waals surface area contributed by atoms with Crippen molar-refractivity contribution in [3.63, 3.8) is 0 Å². The number of halogens is 5. The van der Waals surface area contributed by atoms with E-state index in [0.717, 1.165) is 31.9 Å². The summed E-state index contributed by atoms with van der Waals surface area (Å²) in [7, 11) is 4.94. The molecule has 6 aromatic rings. The Morgan fingerprint density at radius 1 is 0.612 bits per heavy atom. The molecule has 6 heterocycles. The van der Waals surface area contributed by atoms with Gasteiger partial charge in [0.25, 0.3) is 5.91 Å². The van der Waals surface area contributed by atoms with Crippen LogP contribution in [0.25, 0.3) is 22.1 Å². The number of carbonyl (C=O) groups excluding carboxylic acids is 6. The largest absolute Gasteiger partial charge is 0.453 e. The fourth-order valence-electron chi connectivity index (χ4n) is 14.1. The van der Waals surface area contributed by atoms with E-state index in [2.05, 4.69) is 10.6 Å². The Morgan fingerprint density at radius 2 is 1.12 bits per heavy atom. The van der Waals surface area contributed by atoms with Gasteiger partial charge in [0.2, 0.25) is 11.6 Å². The van der Waals surface area contributed by atoms with Crippen molar-refractivity contribution < 1.29 is 79.1 Å². The number of nitrogens with two attached hydrogens (primary N) is 2. The van der Waals surface area contributed by atoms with Gasteiger partial charge in [0.15, 0.2) is 25.1 Å². The Bertz CT molecular complexity index is 3910. The first-order valence-electron chi connectivity index (χ1n) is 33.2. The molecule has 4 aliphatic heterocycles. The lowest BCUT2D eigenvalue weighted by Crippen LogP contribution is -2.60. The Labute approximate surface area is 564 Å². The second-order valence-corrected chi connectivity index (χ2v) is 26.2. The number of rotatable bonds is 23. The van der Waals surface area contributed by atoms with E-state index in [1.807, 2.05) is 0 Å². The van der Waals surface area contributed by atoms with Gasteiger partial charge in [0.05, 0.1) is 66.6 Å². The number of nitrogens with zero attached hydrogens (tertiary/aromatic N) is 8. The third-order valence-electron chi connectivity index (χ3n) is 19.9. The molecular formula is C69H87F5N12O12. The van der Waals surface area contributed by atoms with Gasteiger partial charge in [0.1, 0.15) is 52.9 Å². The highest BCUT2D eigenvalue weighted by Crippen LogP contribution is 2.51.